The molecule has 1 fully saturated rings. The molecule has 0 bridgehead atoms. The first kappa shape index (κ1) is 15.4. The van der Waals surface area contributed by atoms with Crippen LogP contribution in [0.1, 0.15) is 39.7 Å². The van der Waals surface area contributed by atoms with Gasteiger partial charge in [-0.1, -0.05) is 12.1 Å². The van der Waals surface area contributed by atoms with Gasteiger partial charge < -0.3 is 4.74 Å². The Morgan fingerprint density at radius 3 is 2.60 bits per heavy atom. The van der Waals surface area contributed by atoms with Gasteiger partial charge >= 0.3 is 0 Å². The fourth-order valence-corrected chi connectivity index (χ4v) is 3.47. The molecule has 0 radical (unpaired) electrons. The second kappa shape index (κ2) is 5.43. The third kappa shape index (κ3) is 3.37. The number of nitrogens with two attached hydrogens (primary N) is 1. The molecule has 1 aliphatic heterocycles. The zero-order chi connectivity index (χ0) is 15.0. The number of benzene rings is 1. The maximum atomic E-state index is 13.3. The molecule has 112 valence electrons. The molecule has 0 amide bonds. The van der Waals surface area contributed by atoms with E-state index in [1.54, 1.807) is 12.1 Å². The predicted octanol–water partition coefficient (Wildman–Crippen LogP) is 2.79. The minimum absolute atomic E-state index is 0.0635. The molecule has 1 aliphatic rings. The largest absolute Gasteiger partial charge is 0.369 e. The van der Waals surface area contributed by atoms with E-state index >= 15 is 0 Å². The van der Waals surface area contributed by atoms with Crippen LogP contribution in [0.3, 0.4) is 0 Å². The highest BCUT2D eigenvalue weighted by atomic mass is 19.1. The Labute approximate surface area is 120 Å². The first-order valence-electron chi connectivity index (χ1n) is 7.14. The van der Waals surface area contributed by atoms with E-state index in [0.717, 1.165) is 12.0 Å². The van der Waals surface area contributed by atoms with Crippen molar-refractivity contribution in [3.05, 3.63) is 35.6 Å². The highest BCUT2D eigenvalue weighted by molar-refractivity contribution is 5.18. The van der Waals surface area contributed by atoms with Crippen molar-refractivity contribution < 1.29 is 9.13 Å². The molecule has 0 saturated carbocycles. The molecule has 2 atom stereocenters. The summed E-state index contributed by atoms with van der Waals surface area (Å²) >= 11 is 0. The maximum absolute atomic E-state index is 13.3. The van der Waals surface area contributed by atoms with Crippen molar-refractivity contribution in [3.8, 4) is 0 Å². The van der Waals surface area contributed by atoms with Gasteiger partial charge in [0.05, 0.1) is 11.2 Å². The van der Waals surface area contributed by atoms with Crippen LogP contribution in [0, 0.1) is 11.7 Å². The van der Waals surface area contributed by atoms with E-state index in [2.05, 4.69) is 33.1 Å². The summed E-state index contributed by atoms with van der Waals surface area (Å²) in [6, 6.07) is 6.76. The molecule has 1 aromatic rings. The van der Waals surface area contributed by atoms with Crippen LogP contribution in [0.25, 0.3) is 0 Å². The molecule has 2 unspecified atom stereocenters. The molecule has 3 N–H and O–H groups in total. The van der Waals surface area contributed by atoms with Crippen LogP contribution in [0.15, 0.2) is 24.3 Å². The quantitative estimate of drug-likeness (QED) is 0.658. The van der Waals surface area contributed by atoms with Crippen LogP contribution in [0.4, 0.5) is 4.39 Å². The molecule has 1 aromatic carbocycles. The average molecular weight is 280 g/mol. The number of hydrogen-bond donors (Lipinski definition) is 2. The van der Waals surface area contributed by atoms with E-state index in [-0.39, 0.29) is 29.0 Å². The molecule has 20 heavy (non-hydrogen) atoms. The summed E-state index contributed by atoms with van der Waals surface area (Å²) in [4.78, 5) is 0. The molecule has 3 nitrogen and oxygen atoms in total. The van der Waals surface area contributed by atoms with E-state index in [0.29, 0.717) is 6.42 Å². The van der Waals surface area contributed by atoms with Crippen molar-refractivity contribution in [2.75, 3.05) is 0 Å². The van der Waals surface area contributed by atoms with Gasteiger partial charge in [-0.25, -0.2) is 4.39 Å². The van der Waals surface area contributed by atoms with Gasteiger partial charge in [-0.3, -0.25) is 11.3 Å². The Hall–Kier alpha value is -0.970. The zero-order valence-corrected chi connectivity index (χ0v) is 12.7. The standard InChI is InChI=1S/C16H25FN2O/c1-15(2)10-13(16(3,4)20-15)14(19-18)9-11-6-5-7-12(17)8-11/h5-8,13-14,19H,9-10,18H2,1-4H3. The number of halogens is 1. The van der Waals surface area contributed by atoms with Gasteiger partial charge in [0.2, 0.25) is 0 Å². The zero-order valence-electron chi connectivity index (χ0n) is 12.7. The van der Waals surface area contributed by atoms with Gasteiger partial charge in [0, 0.05) is 12.0 Å². The van der Waals surface area contributed by atoms with Crippen molar-refractivity contribution in [1.29, 1.82) is 0 Å². The Morgan fingerprint density at radius 2 is 2.10 bits per heavy atom. The first-order chi connectivity index (χ1) is 9.23. The summed E-state index contributed by atoms with van der Waals surface area (Å²) in [5.74, 6) is 5.82. The number of ether oxygens (including phenoxy) is 1. The molecule has 0 aromatic heterocycles. The van der Waals surface area contributed by atoms with Crippen molar-refractivity contribution in [2.45, 2.75) is 57.8 Å². The SMILES string of the molecule is CC1(C)CC(C(Cc2cccc(F)c2)NN)C(C)(C)O1. The van der Waals surface area contributed by atoms with Crippen LogP contribution in [0.2, 0.25) is 0 Å². The molecule has 4 heteroatoms. The van der Waals surface area contributed by atoms with Gasteiger partial charge in [-0.15, -0.1) is 0 Å². The average Bonchev–Trinajstić information content (AvgIpc) is 2.54. The number of nitrogens with one attached hydrogen (secondary N) is 1. The minimum Gasteiger partial charge on any atom is -0.369 e. The Balaban J connectivity index is 2.16. The lowest BCUT2D eigenvalue weighted by Crippen LogP contribution is -2.48. The summed E-state index contributed by atoms with van der Waals surface area (Å²) in [5, 5.41) is 0. The Kier molecular flexibility index (Phi) is 4.19. The van der Waals surface area contributed by atoms with E-state index in [1.807, 2.05) is 6.07 Å². The van der Waals surface area contributed by atoms with Crippen molar-refractivity contribution in [2.24, 2.45) is 11.8 Å². The summed E-state index contributed by atoms with van der Waals surface area (Å²) in [5.41, 5.74) is 3.47. The van der Waals surface area contributed by atoms with Gasteiger partial charge in [-0.05, 0) is 58.2 Å². The molecular weight excluding hydrogens is 255 g/mol. The van der Waals surface area contributed by atoms with Crippen LogP contribution in [0.5, 0.6) is 0 Å². The lowest BCUT2D eigenvalue weighted by molar-refractivity contribution is -0.0776. The van der Waals surface area contributed by atoms with E-state index < -0.39 is 0 Å². The first-order valence-corrected chi connectivity index (χ1v) is 7.14. The van der Waals surface area contributed by atoms with Crippen LogP contribution in [-0.2, 0) is 11.2 Å². The lowest BCUT2D eigenvalue weighted by atomic mass is 9.79. The second-order valence-electron chi connectivity index (χ2n) is 6.88. The topological polar surface area (TPSA) is 47.3 Å². The maximum Gasteiger partial charge on any atom is 0.123 e. The van der Waals surface area contributed by atoms with E-state index in [4.69, 9.17) is 10.6 Å². The van der Waals surface area contributed by atoms with E-state index in [1.165, 1.54) is 6.07 Å². The summed E-state index contributed by atoms with van der Waals surface area (Å²) in [6.45, 7) is 8.40. The number of hydrogen-bond acceptors (Lipinski definition) is 3. The highest BCUT2D eigenvalue weighted by Gasteiger charge is 2.48. The van der Waals surface area contributed by atoms with Crippen molar-refractivity contribution >= 4 is 0 Å². The van der Waals surface area contributed by atoms with Gasteiger partial charge in [0.15, 0.2) is 0 Å². The Morgan fingerprint density at radius 1 is 1.40 bits per heavy atom. The fraction of sp³-hybridized carbons (Fsp3) is 0.625. The summed E-state index contributed by atoms with van der Waals surface area (Å²) in [6.07, 6.45) is 1.63. The van der Waals surface area contributed by atoms with Crippen molar-refractivity contribution in [1.82, 2.24) is 5.43 Å². The smallest absolute Gasteiger partial charge is 0.123 e. The summed E-state index contributed by atoms with van der Waals surface area (Å²) in [7, 11) is 0. The Bertz CT molecular complexity index is 473. The molecule has 1 saturated heterocycles. The number of rotatable bonds is 4. The second-order valence-corrected chi connectivity index (χ2v) is 6.88. The minimum atomic E-state index is -0.242. The molecule has 2 rings (SSSR count). The number of hydrazine groups is 1. The van der Waals surface area contributed by atoms with Crippen molar-refractivity contribution in [3.63, 3.8) is 0 Å². The van der Waals surface area contributed by atoms with Crippen LogP contribution in [-0.4, -0.2) is 17.2 Å². The third-order valence-electron chi connectivity index (χ3n) is 4.19. The molecule has 0 spiro atoms. The monoisotopic (exact) mass is 280 g/mol. The fourth-order valence-electron chi connectivity index (χ4n) is 3.47. The summed E-state index contributed by atoms with van der Waals surface area (Å²) < 4.78 is 19.4. The predicted molar refractivity (Wildman–Crippen MR) is 78.6 cm³/mol. The van der Waals surface area contributed by atoms with Gasteiger partial charge in [0.25, 0.3) is 0 Å². The molecule has 1 heterocycles. The van der Waals surface area contributed by atoms with E-state index in [9.17, 15) is 4.39 Å². The van der Waals surface area contributed by atoms with Crippen LogP contribution < -0.4 is 11.3 Å². The highest BCUT2D eigenvalue weighted by Crippen LogP contribution is 2.44. The lowest BCUT2D eigenvalue weighted by Gasteiger charge is -2.32. The normalized spacial score (nSPS) is 25.6. The van der Waals surface area contributed by atoms with Crippen LogP contribution >= 0.6 is 0 Å². The molecule has 0 aliphatic carbocycles. The molecular formula is C16H25FN2O. The van der Waals surface area contributed by atoms with Gasteiger partial charge in [-0.2, -0.15) is 0 Å². The third-order valence-corrected chi connectivity index (χ3v) is 4.19. The van der Waals surface area contributed by atoms with Gasteiger partial charge in [0.1, 0.15) is 5.82 Å².